The zero-order valence-corrected chi connectivity index (χ0v) is 12.5. The van der Waals surface area contributed by atoms with Crippen molar-refractivity contribution in [2.75, 3.05) is 0 Å². The molecule has 0 aliphatic rings. The average molecular weight is 269 g/mol. The Morgan fingerprint density at radius 1 is 1.00 bits per heavy atom. The van der Waals surface area contributed by atoms with Crippen molar-refractivity contribution < 1.29 is 4.74 Å². The van der Waals surface area contributed by atoms with Crippen LogP contribution in [0.4, 0.5) is 0 Å². The first-order valence-electron chi connectivity index (χ1n) is 7.16. The van der Waals surface area contributed by atoms with Crippen LogP contribution in [0.2, 0.25) is 0 Å². The molecule has 20 heavy (non-hydrogen) atoms. The highest BCUT2D eigenvalue weighted by Crippen LogP contribution is 2.26. The molecule has 0 radical (unpaired) electrons. The first-order valence-corrected chi connectivity index (χ1v) is 7.16. The molecule has 0 bridgehead atoms. The molecule has 0 saturated carbocycles. The molecule has 2 aromatic carbocycles. The third-order valence-electron chi connectivity index (χ3n) is 3.77. The molecule has 2 heteroatoms. The summed E-state index contributed by atoms with van der Waals surface area (Å²) in [5.74, 6) is 0.893. The molecule has 106 valence electrons. The minimum absolute atomic E-state index is 0.0316. The van der Waals surface area contributed by atoms with Crippen LogP contribution in [0, 0.1) is 13.8 Å². The predicted octanol–water partition coefficient (Wildman–Crippen LogP) is 4.29. The van der Waals surface area contributed by atoms with Gasteiger partial charge in [0, 0.05) is 11.6 Å². The van der Waals surface area contributed by atoms with Gasteiger partial charge in [-0.05, 0) is 43.0 Å². The Labute approximate surface area is 121 Å². The van der Waals surface area contributed by atoms with Crippen molar-refractivity contribution in [2.45, 2.75) is 39.8 Å². The van der Waals surface area contributed by atoms with E-state index in [1.807, 2.05) is 24.3 Å². The van der Waals surface area contributed by atoms with Crippen LogP contribution in [-0.2, 0) is 6.61 Å². The van der Waals surface area contributed by atoms with E-state index in [1.54, 1.807) is 0 Å². The largest absolute Gasteiger partial charge is 0.489 e. The maximum Gasteiger partial charge on any atom is 0.124 e. The summed E-state index contributed by atoms with van der Waals surface area (Å²) in [5, 5.41) is 0. The van der Waals surface area contributed by atoms with Gasteiger partial charge in [-0.1, -0.05) is 43.3 Å². The van der Waals surface area contributed by atoms with Crippen molar-refractivity contribution in [2.24, 2.45) is 5.73 Å². The Morgan fingerprint density at radius 2 is 1.65 bits per heavy atom. The lowest BCUT2D eigenvalue weighted by atomic mass is 10.0. The normalized spacial score (nSPS) is 12.2. The number of para-hydroxylation sites is 1. The van der Waals surface area contributed by atoms with Crippen molar-refractivity contribution >= 4 is 0 Å². The third kappa shape index (κ3) is 3.20. The lowest BCUT2D eigenvalue weighted by molar-refractivity contribution is 0.299. The van der Waals surface area contributed by atoms with Gasteiger partial charge in [0.05, 0.1) is 0 Å². The van der Waals surface area contributed by atoms with E-state index in [2.05, 4.69) is 39.0 Å². The Hall–Kier alpha value is -1.80. The van der Waals surface area contributed by atoms with Gasteiger partial charge >= 0.3 is 0 Å². The summed E-state index contributed by atoms with van der Waals surface area (Å²) < 4.78 is 6.03. The highest BCUT2D eigenvalue weighted by molar-refractivity contribution is 5.37. The molecular weight excluding hydrogens is 246 g/mol. The van der Waals surface area contributed by atoms with E-state index in [4.69, 9.17) is 10.5 Å². The summed E-state index contributed by atoms with van der Waals surface area (Å²) in [6.45, 7) is 6.92. The van der Waals surface area contributed by atoms with Crippen LogP contribution in [0.25, 0.3) is 0 Å². The molecule has 0 aromatic heterocycles. The van der Waals surface area contributed by atoms with Crippen LogP contribution >= 0.6 is 0 Å². The second-order valence-electron chi connectivity index (χ2n) is 5.21. The fourth-order valence-corrected chi connectivity index (χ4v) is 2.36. The predicted molar refractivity (Wildman–Crippen MR) is 83.9 cm³/mol. The van der Waals surface area contributed by atoms with Crippen LogP contribution in [0.1, 0.15) is 41.6 Å². The summed E-state index contributed by atoms with van der Waals surface area (Å²) in [6, 6.07) is 14.4. The average Bonchev–Trinajstić information content (AvgIpc) is 2.46. The van der Waals surface area contributed by atoms with Gasteiger partial charge in [0.1, 0.15) is 12.4 Å². The smallest absolute Gasteiger partial charge is 0.124 e. The summed E-state index contributed by atoms with van der Waals surface area (Å²) in [4.78, 5) is 0. The Balaban J connectivity index is 2.19. The molecule has 0 saturated heterocycles. The van der Waals surface area contributed by atoms with Gasteiger partial charge < -0.3 is 10.5 Å². The lowest BCUT2D eigenvalue weighted by Crippen LogP contribution is -2.11. The summed E-state index contributed by atoms with van der Waals surface area (Å²) in [6.07, 6.45) is 0.907. The summed E-state index contributed by atoms with van der Waals surface area (Å²) in [5.41, 5.74) is 11.0. The van der Waals surface area contributed by atoms with Crippen LogP contribution in [0.5, 0.6) is 5.75 Å². The number of ether oxygens (including phenoxy) is 1. The maximum atomic E-state index is 6.14. The first-order chi connectivity index (χ1) is 9.63. The monoisotopic (exact) mass is 269 g/mol. The number of aryl methyl sites for hydroxylation is 2. The van der Waals surface area contributed by atoms with Crippen molar-refractivity contribution in [1.82, 2.24) is 0 Å². The molecule has 2 aromatic rings. The van der Waals surface area contributed by atoms with Crippen molar-refractivity contribution in [3.63, 3.8) is 0 Å². The Bertz CT molecular complexity index is 557. The number of rotatable bonds is 5. The zero-order chi connectivity index (χ0) is 14.5. The van der Waals surface area contributed by atoms with Crippen molar-refractivity contribution in [1.29, 1.82) is 0 Å². The van der Waals surface area contributed by atoms with Gasteiger partial charge in [0.2, 0.25) is 0 Å². The van der Waals surface area contributed by atoms with E-state index in [9.17, 15) is 0 Å². The number of hydrogen-bond acceptors (Lipinski definition) is 2. The van der Waals surface area contributed by atoms with Crippen LogP contribution in [0.15, 0.2) is 42.5 Å². The third-order valence-corrected chi connectivity index (χ3v) is 3.77. The Kier molecular flexibility index (Phi) is 4.80. The first kappa shape index (κ1) is 14.6. The van der Waals surface area contributed by atoms with E-state index in [-0.39, 0.29) is 6.04 Å². The molecule has 0 amide bonds. The molecule has 0 fully saturated rings. The van der Waals surface area contributed by atoms with E-state index < -0.39 is 0 Å². The highest BCUT2D eigenvalue weighted by atomic mass is 16.5. The Morgan fingerprint density at radius 3 is 2.30 bits per heavy atom. The summed E-state index contributed by atoms with van der Waals surface area (Å²) >= 11 is 0. The molecular formula is C18H23NO. The number of nitrogens with two attached hydrogens (primary N) is 1. The second-order valence-corrected chi connectivity index (χ2v) is 5.21. The van der Waals surface area contributed by atoms with Gasteiger partial charge in [-0.3, -0.25) is 0 Å². The van der Waals surface area contributed by atoms with E-state index in [0.717, 1.165) is 17.7 Å². The van der Waals surface area contributed by atoms with Crippen molar-refractivity contribution in [3.8, 4) is 5.75 Å². The molecule has 0 unspecified atom stereocenters. The number of benzene rings is 2. The zero-order valence-electron chi connectivity index (χ0n) is 12.5. The molecule has 0 heterocycles. The van der Waals surface area contributed by atoms with Crippen LogP contribution < -0.4 is 10.5 Å². The van der Waals surface area contributed by atoms with Gasteiger partial charge in [0.25, 0.3) is 0 Å². The van der Waals surface area contributed by atoms with E-state index in [1.165, 1.54) is 16.7 Å². The van der Waals surface area contributed by atoms with E-state index >= 15 is 0 Å². The topological polar surface area (TPSA) is 35.2 Å². The molecule has 0 aliphatic carbocycles. The fourth-order valence-electron chi connectivity index (χ4n) is 2.36. The molecule has 0 spiro atoms. The SMILES string of the molecule is CC[C@@H](N)c1ccccc1OCc1c(C)cccc1C. The number of hydrogen-bond donors (Lipinski definition) is 1. The van der Waals surface area contributed by atoms with Crippen LogP contribution in [-0.4, -0.2) is 0 Å². The maximum absolute atomic E-state index is 6.14. The van der Waals surface area contributed by atoms with E-state index in [0.29, 0.717) is 6.61 Å². The van der Waals surface area contributed by atoms with Crippen LogP contribution in [0.3, 0.4) is 0 Å². The highest BCUT2D eigenvalue weighted by Gasteiger charge is 2.11. The molecule has 2 nitrogen and oxygen atoms in total. The summed E-state index contributed by atoms with van der Waals surface area (Å²) in [7, 11) is 0. The minimum Gasteiger partial charge on any atom is -0.489 e. The van der Waals surface area contributed by atoms with Crippen molar-refractivity contribution in [3.05, 3.63) is 64.7 Å². The minimum atomic E-state index is 0.0316. The van der Waals surface area contributed by atoms with Gasteiger partial charge in [-0.15, -0.1) is 0 Å². The second kappa shape index (κ2) is 6.58. The quantitative estimate of drug-likeness (QED) is 0.878. The lowest BCUT2D eigenvalue weighted by Gasteiger charge is -2.17. The van der Waals surface area contributed by atoms with Gasteiger partial charge in [0.15, 0.2) is 0 Å². The fraction of sp³-hybridized carbons (Fsp3) is 0.333. The molecule has 2 N–H and O–H groups in total. The van der Waals surface area contributed by atoms with Gasteiger partial charge in [-0.25, -0.2) is 0 Å². The van der Waals surface area contributed by atoms with Gasteiger partial charge in [-0.2, -0.15) is 0 Å². The molecule has 1 atom stereocenters. The standard InChI is InChI=1S/C18H23NO/c1-4-17(19)15-10-5-6-11-18(15)20-12-16-13(2)8-7-9-14(16)3/h5-11,17H,4,12,19H2,1-3H3/t17-/m1/s1. The molecule has 0 aliphatic heterocycles. The molecule has 2 rings (SSSR count).